The van der Waals surface area contributed by atoms with Crippen molar-refractivity contribution >= 4 is 46.4 Å². The Bertz CT molecular complexity index is 109. The second kappa shape index (κ2) is 16.4. The van der Waals surface area contributed by atoms with Crippen LogP contribution in [-0.4, -0.2) is 5.25 Å². The molecule has 0 fully saturated rings. The molecular weight excluding hydrogens is 347 g/mol. The summed E-state index contributed by atoms with van der Waals surface area (Å²) in [7, 11) is 1.78. The normalized spacial score (nSPS) is 10.5. The number of hydrogen-bond donors (Lipinski definition) is 1. The molecule has 100 valence electrons. The van der Waals surface area contributed by atoms with Crippen LogP contribution in [0.15, 0.2) is 0 Å². The van der Waals surface area contributed by atoms with Crippen LogP contribution in [0.3, 0.4) is 0 Å². The Morgan fingerprint density at radius 3 is 1.56 bits per heavy atom. The lowest BCUT2D eigenvalue weighted by Crippen LogP contribution is -2.00. The molecule has 16 heavy (non-hydrogen) atoms. The standard InChI is InChI=1S/C13H28S2.HI/c1-3-5-7-9-11-13(15-14)12-10-8-6-4-2;/h13-14H,3-12H2,1-2H3;1H. The maximum atomic E-state index is 4.38. The van der Waals surface area contributed by atoms with E-state index in [1.54, 1.807) is 10.8 Å². The van der Waals surface area contributed by atoms with Gasteiger partial charge in [0, 0.05) is 5.25 Å². The SMILES string of the molecule is CCCCCCC(CCCCCC)SS.I. The monoisotopic (exact) mass is 376 g/mol. The third kappa shape index (κ3) is 13.5. The highest BCUT2D eigenvalue weighted by atomic mass is 127. The summed E-state index contributed by atoms with van der Waals surface area (Å²) in [6, 6.07) is 0. The van der Waals surface area contributed by atoms with Crippen LogP contribution in [0.2, 0.25) is 0 Å². The van der Waals surface area contributed by atoms with Crippen molar-refractivity contribution in [3.05, 3.63) is 0 Å². The molecule has 0 heterocycles. The van der Waals surface area contributed by atoms with Crippen molar-refractivity contribution in [1.29, 1.82) is 0 Å². The van der Waals surface area contributed by atoms with Crippen molar-refractivity contribution < 1.29 is 0 Å². The minimum Gasteiger partial charge on any atom is -0.111 e. The van der Waals surface area contributed by atoms with Gasteiger partial charge in [-0.05, 0) is 12.8 Å². The molecule has 0 atom stereocenters. The van der Waals surface area contributed by atoms with Crippen molar-refractivity contribution in [2.45, 2.75) is 83.3 Å². The second-order valence-electron chi connectivity index (χ2n) is 4.43. The lowest BCUT2D eigenvalue weighted by Gasteiger charge is -2.12. The zero-order valence-corrected chi connectivity index (χ0v) is 15.0. The quantitative estimate of drug-likeness (QED) is 0.186. The molecule has 0 spiro atoms. The molecule has 0 bridgehead atoms. The van der Waals surface area contributed by atoms with Crippen molar-refractivity contribution in [2.24, 2.45) is 0 Å². The van der Waals surface area contributed by atoms with E-state index in [9.17, 15) is 0 Å². The first-order valence-electron chi connectivity index (χ1n) is 6.65. The first-order chi connectivity index (χ1) is 7.35. The molecule has 0 saturated carbocycles. The van der Waals surface area contributed by atoms with E-state index in [-0.39, 0.29) is 24.0 Å². The fraction of sp³-hybridized carbons (Fsp3) is 1.00. The highest BCUT2D eigenvalue weighted by Crippen LogP contribution is 2.26. The summed E-state index contributed by atoms with van der Waals surface area (Å²) in [4.78, 5) is 0. The van der Waals surface area contributed by atoms with E-state index in [2.05, 4.69) is 25.5 Å². The summed E-state index contributed by atoms with van der Waals surface area (Å²) in [5.74, 6) is 0. The van der Waals surface area contributed by atoms with Gasteiger partial charge in [0.1, 0.15) is 0 Å². The summed E-state index contributed by atoms with van der Waals surface area (Å²) in [6.07, 6.45) is 13.9. The van der Waals surface area contributed by atoms with E-state index < -0.39 is 0 Å². The van der Waals surface area contributed by atoms with Gasteiger partial charge in [0.05, 0.1) is 0 Å². The fourth-order valence-corrected chi connectivity index (χ4v) is 3.02. The van der Waals surface area contributed by atoms with Crippen LogP contribution < -0.4 is 0 Å². The Kier molecular flexibility index (Phi) is 20.3. The van der Waals surface area contributed by atoms with Gasteiger partial charge >= 0.3 is 0 Å². The molecule has 0 saturated heterocycles. The summed E-state index contributed by atoms with van der Waals surface area (Å²) in [5, 5.41) is 0.807. The molecule has 0 aliphatic heterocycles. The largest absolute Gasteiger partial charge is 0.111 e. The van der Waals surface area contributed by atoms with Gasteiger partial charge in [-0.25, -0.2) is 0 Å². The predicted octanol–water partition coefficient (Wildman–Crippen LogP) is 6.49. The summed E-state index contributed by atoms with van der Waals surface area (Å²) < 4.78 is 0. The highest BCUT2D eigenvalue weighted by molar-refractivity contribution is 14.0. The predicted molar refractivity (Wildman–Crippen MR) is 93.3 cm³/mol. The van der Waals surface area contributed by atoms with Crippen LogP contribution in [0.4, 0.5) is 0 Å². The minimum absolute atomic E-state index is 0. The Morgan fingerprint density at radius 2 is 1.25 bits per heavy atom. The number of hydrogen-bond acceptors (Lipinski definition) is 2. The van der Waals surface area contributed by atoms with E-state index in [1.165, 1.54) is 64.2 Å². The van der Waals surface area contributed by atoms with Gasteiger partial charge in [-0.15, -0.1) is 35.6 Å². The van der Waals surface area contributed by atoms with E-state index >= 15 is 0 Å². The van der Waals surface area contributed by atoms with Gasteiger partial charge in [-0.3, -0.25) is 0 Å². The van der Waals surface area contributed by atoms with Crippen LogP contribution in [0, 0.1) is 0 Å². The molecule has 0 radical (unpaired) electrons. The van der Waals surface area contributed by atoms with Gasteiger partial charge in [-0.2, -0.15) is 0 Å². The molecule has 0 amide bonds. The number of unbranched alkanes of at least 4 members (excludes halogenated alkanes) is 6. The van der Waals surface area contributed by atoms with Gasteiger partial charge in [0.2, 0.25) is 0 Å². The molecule has 0 N–H and O–H groups in total. The highest BCUT2D eigenvalue weighted by Gasteiger charge is 2.06. The molecule has 0 unspecified atom stereocenters. The average molecular weight is 376 g/mol. The van der Waals surface area contributed by atoms with Gasteiger partial charge < -0.3 is 0 Å². The van der Waals surface area contributed by atoms with Gasteiger partial charge in [0.15, 0.2) is 0 Å². The van der Waals surface area contributed by atoms with Crippen LogP contribution in [0.1, 0.15) is 78.1 Å². The molecule has 0 aliphatic carbocycles. The topological polar surface area (TPSA) is 0 Å². The Labute approximate surface area is 129 Å². The van der Waals surface area contributed by atoms with Crippen molar-refractivity contribution in [3.8, 4) is 0 Å². The maximum Gasteiger partial charge on any atom is 0.0149 e. The van der Waals surface area contributed by atoms with Crippen molar-refractivity contribution in [2.75, 3.05) is 0 Å². The van der Waals surface area contributed by atoms with Crippen LogP contribution in [0.5, 0.6) is 0 Å². The maximum absolute atomic E-state index is 4.38. The third-order valence-electron chi connectivity index (χ3n) is 2.91. The third-order valence-corrected chi connectivity index (χ3v) is 4.57. The molecule has 0 aromatic carbocycles. The molecule has 0 rings (SSSR count). The number of rotatable bonds is 11. The minimum atomic E-state index is 0. The molecular formula is C13H29IS2. The molecule has 0 aliphatic rings. The second-order valence-corrected chi connectivity index (χ2v) is 5.94. The zero-order chi connectivity index (χ0) is 11.4. The number of thiol groups is 1. The zero-order valence-electron chi connectivity index (χ0n) is 10.9. The van der Waals surface area contributed by atoms with Crippen LogP contribution >= 0.6 is 46.4 Å². The first-order valence-corrected chi connectivity index (χ1v) is 8.58. The lowest BCUT2D eigenvalue weighted by molar-refractivity contribution is 0.565. The number of halogens is 1. The van der Waals surface area contributed by atoms with E-state index in [4.69, 9.17) is 0 Å². The Morgan fingerprint density at radius 1 is 0.812 bits per heavy atom. The van der Waals surface area contributed by atoms with E-state index in [1.807, 2.05) is 0 Å². The van der Waals surface area contributed by atoms with Gasteiger partial charge in [-0.1, -0.05) is 76.0 Å². The van der Waals surface area contributed by atoms with Gasteiger partial charge in [0.25, 0.3) is 0 Å². The van der Waals surface area contributed by atoms with Crippen LogP contribution in [0.25, 0.3) is 0 Å². The summed E-state index contributed by atoms with van der Waals surface area (Å²) in [5.41, 5.74) is 0. The van der Waals surface area contributed by atoms with E-state index in [0.29, 0.717) is 0 Å². The van der Waals surface area contributed by atoms with Crippen molar-refractivity contribution in [1.82, 2.24) is 0 Å². The average Bonchev–Trinajstić information content (AvgIpc) is 2.27. The lowest BCUT2D eigenvalue weighted by atomic mass is 10.1. The Balaban J connectivity index is 0. The molecule has 0 nitrogen and oxygen atoms in total. The molecule has 0 aromatic rings. The fourth-order valence-electron chi connectivity index (χ4n) is 1.85. The van der Waals surface area contributed by atoms with E-state index in [0.717, 1.165) is 5.25 Å². The summed E-state index contributed by atoms with van der Waals surface area (Å²) in [6.45, 7) is 4.55. The summed E-state index contributed by atoms with van der Waals surface area (Å²) >= 11 is 4.38. The van der Waals surface area contributed by atoms with Crippen LogP contribution in [-0.2, 0) is 0 Å². The Hall–Kier alpha value is 1.43. The van der Waals surface area contributed by atoms with Crippen molar-refractivity contribution in [3.63, 3.8) is 0 Å². The molecule has 0 aromatic heterocycles. The first kappa shape index (κ1) is 19.8. The smallest absolute Gasteiger partial charge is 0.0149 e. The molecule has 3 heteroatoms.